The molecule has 0 aromatic heterocycles. The molecule has 1 N–H and O–H groups in total. The predicted octanol–water partition coefficient (Wildman–Crippen LogP) is 2.31. The van der Waals surface area contributed by atoms with Crippen LogP contribution in [0.25, 0.3) is 0 Å². The fourth-order valence-corrected chi connectivity index (χ4v) is 2.74. The first-order valence-electron chi connectivity index (χ1n) is 6.82. The van der Waals surface area contributed by atoms with E-state index in [9.17, 15) is 14.7 Å². The number of halogens is 1. The highest BCUT2D eigenvalue weighted by molar-refractivity contribution is 6.31. The van der Waals surface area contributed by atoms with Crippen molar-refractivity contribution >= 4 is 29.2 Å². The van der Waals surface area contributed by atoms with Gasteiger partial charge in [0.2, 0.25) is 5.91 Å². The van der Waals surface area contributed by atoms with Crippen molar-refractivity contribution in [3.8, 4) is 0 Å². The molecule has 0 spiro atoms. The Morgan fingerprint density at radius 3 is 2.67 bits per heavy atom. The van der Waals surface area contributed by atoms with E-state index in [1.807, 2.05) is 13.0 Å². The third kappa shape index (κ3) is 3.45. The van der Waals surface area contributed by atoms with Crippen molar-refractivity contribution in [1.29, 1.82) is 0 Å². The molecule has 0 aliphatic heterocycles. The van der Waals surface area contributed by atoms with E-state index in [-0.39, 0.29) is 5.91 Å². The van der Waals surface area contributed by atoms with E-state index < -0.39 is 17.8 Å². The second-order valence-corrected chi connectivity index (χ2v) is 5.83. The highest BCUT2D eigenvalue weighted by Crippen LogP contribution is 2.31. The highest BCUT2D eigenvalue weighted by Gasteiger charge is 2.31. The number of benzene rings is 1. The summed E-state index contributed by atoms with van der Waals surface area (Å²) in [6.45, 7) is 3.70. The first-order chi connectivity index (χ1) is 9.90. The number of carboxylic acid groups (broad SMARTS) is 1. The molecule has 0 saturated carbocycles. The van der Waals surface area contributed by atoms with Gasteiger partial charge in [-0.3, -0.25) is 4.79 Å². The molecule has 0 bridgehead atoms. The molecule has 0 unspecified atom stereocenters. The number of allylic oxidation sites excluding steroid dienone is 2. The Bertz CT molecular complexity index is 610. The molecular formula is C16H17ClNO3-. The predicted molar refractivity (Wildman–Crippen MR) is 79.8 cm³/mol. The number of amides is 1. The molecule has 0 heterocycles. The zero-order valence-corrected chi connectivity index (χ0v) is 12.7. The van der Waals surface area contributed by atoms with Gasteiger partial charge < -0.3 is 15.2 Å². The molecule has 1 aromatic carbocycles. The van der Waals surface area contributed by atoms with Gasteiger partial charge in [0.25, 0.3) is 0 Å². The SMILES string of the molecule is CC1=CC[C@H](C(=O)[O-])[C@H](C(=O)Nc2cccc(Cl)c2C)C1. The van der Waals surface area contributed by atoms with E-state index in [4.69, 9.17) is 11.6 Å². The van der Waals surface area contributed by atoms with E-state index in [1.165, 1.54) is 0 Å². The molecule has 2 atom stereocenters. The standard InChI is InChI=1S/C16H18ClNO3/c1-9-6-7-11(16(20)21)12(8-9)15(19)18-14-5-3-4-13(17)10(14)2/h3-6,11-12H,7-8H2,1-2H3,(H,18,19)(H,20,21)/p-1/t11-,12+/m0/s1. The lowest BCUT2D eigenvalue weighted by molar-refractivity contribution is -0.313. The van der Waals surface area contributed by atoms with Crippen LogP contribution < -0.4 is 10.4 Å². The van der Waals surface area contributed by atoms with Gasteiger partial charge >= 0.3 is 0 Å². The van der Waals surface area contributed by atoms with Crippen LogP contribution in [0.3, 0.4) is 0 Å². The summed E-state index contributed by atoms with van der Waals surface area (Å²) in [6, 6.07) is 5.23. The Balaban J connectivity index is 2.20. The molecule has 112 valence electrons. The summed E-state index contributed by atoms with van der Waals surface area (Å²) in [7, 11) is 0. The fraction of sp³-hybridized carbons (Fsp3) is 0.375. The van der Waals surface area contributed by atoms with Crippen LogP contribution in [0.4, 0.5) is 5.69 Å². The normalized spacial score (nSPS) is 21.6. The Morgan fingerprint density at radius 1 is 1.29 bits per heavy atom. The zero-order valence-electron chi connectivity index (χ0n) is 12.0. The zero-order chi connectivity index (χ0) is 15.6. The van der Waals surface area contributed by atoms with Gasteiger partial charge in [-0.2, -0.15) is 0 Å². The van der Waals surface area contributed by atoms with Crippen LogP contribution in [-0.2, 0) is 9.59 Å². The second kappa shape index (κ2) is 6.31. The number of rotatable bonds is 3. The minimum atomic E-state index is -1.18. The number of hydrogen-bond donors (Lipinski definition) is 1. The van der Waals surface area contributed by atoms with E-state index >= 15 is 0 Å². The van der Waals surface area contributed by atoms with Crippen molar-refractivity contribution in [3.05, 3.63) is 40.4 Å². The van der Waals surface area contributed by atoms with Gasteiger partial charge in [-0.25, -0.2) is 0 Å². The van der Waals surface area contributed by atoms with Gasteiger partial charge in [0, 0.05) is 22.6 Å². The first-order valence-corrected chi connectivity index (χ1v) is 7.20. The summed E-state index contributed by atoms with van der Waals surface area (Å²) in [6.07, 6.45) is 2.62. The molecule has 0 saturated heterocycles. The van der Waals surface area contributed by atoms with E-state index in [0.717, 1.165) is 11.1 Å². The number of carbonyl (C=O) groups excluding carboxylic acids is 2. The van der Waals surface area contributed by atoms with Crippen molar-refractivity contribution < 1.29 is 14.7 Å². The summed E-state index contributed by atoms with van der Waals surface area (Å²) in [5.41, 5.74) is 2.40. The summed E-state index contributed by atoms with van der Waals surface area (Å²) in [5, 5.41) is 14.6. The topological polar surface area (TPSA) is 69.2 Å². The Labute approximate surface area is 128 Å². The number of aliphatic carboxylic acids is 1. The highest BCUT2D eigenvalue weighted by atomic mass is 35.5. The number of hydrogen-bond acceptors (Lipinski definition) is 3. The molecule has 4 nitrogen and oxygen atoms in total. The average Bonchev–Trinajstić information content (AvgIpc) is 2.43. The number of anilines is 1. The van der Waals surface area contributed by atoms with Gasteiger partial charge in [0.1, 0.15) is 0 Å². The monoisotopic (exact) mass is 306 g/mol. The lowest BCUT2D eigenvalue weighted by Crippen LogP contribution is -2.42. The molecule has 21 heavy (non-hydrogen) atoms. The Kier molecular flexibility index (Phi) is 4.68. The van der Waals surface area contributed by atoms with Gasteiger partial charge in [0.05, 0.1) is 5.92 Å². The van der Waals surface area contributed by atoms with Gasteiger partial charge in [0.15, 0.2) is 0 Å². The van der Waals surface area contributed by atoms with Crippen LogP contribution in [0.1, 0.15) is 25.3 Å². The average molecular weight is 307 g/mol. The van der Waals surface area contributed by atoms with E-state index in [2.05, 4.69) is 5.32 Å². The first kappa shape index (κ1) is 15.6. The van der Waals surface area contributed by atoms with Crippen molar-refractivity contribution in [2.24, 2.45) is 11.8 Å². The summed E-state index contributed by atoms with van der Waals surface area (Å²) >= 11 is 6.02. The van der Waals surface area contributed by atoms with E-state index in [1.54, 1.807) is 25.1 Å². The molecule has 1 amide bonds. The lowest BCUT2D eigenvalue weighted by Gasteiger charge is -2.30. The fourth-order valence-electron chi connectivity index (χ4n) is 2.57. The van der Waals surface area contributed by atoms with Crippen LogP contribution in [0.5, 0.6) is 0 Å². The van der Waals surface area contributed by atoms with E-state index in [0.29, 0.717) is 23.6 Å². The molecular weight excluding hydrogens is 290 g/mol. The second-order valence-electron chi connectivity index (χ2n) is 5.42. The van der Waals surface area contributed by atoms with Crippen LogP contribution >= 0.6 is 11.6 Å². The summed E-state index contributed by atoms with van der Waals surface area (Å²) in [4.78, 5) is 23.6. The van der Waals surface area contributed by atoms with Crippen molar-refractivity contribution in [3.63, 3.8) is 0 Å². The molecule has 1 aliphatic carbocycles. The molecule has 0 radical (unpaired) electrons. The smallest absolute Gasteiger partial charge is 0.228 e. The summed E-state index contributed by atoms with van der Waals surface area (Å²) < 4.78 is 0. The number of carbonyl (C=O) groups is 2. The maximum atomic E-state index is 12.4. The van der Waals surface area contributed by atoms with Gasteiger partial charge in [-0.05, 0) is 44.4 Å². The van der Waals surface area contributed by atoms with Crippen molar-refractivity contribution in [2.45, 2.75) is 26.7 Å². The summed E-state index contributed by atoms with van der Waals surface area (Å²) in [5.74, 6) is -2.88. The number of carboxylic acids is 1. The van der Waals surface area contributed by atoms with Crippen molar-refractivity contribution in [1.82, 2.24) is 0 Å². The molecule has 1 aliphatic rings. The minimum Gasteiger partial charge on any atom is -0.550 e. The lowest BCUT2D eigenvalue weighted by atomic mass is 9.79. The quantitative estimate of drug-likeness (QED) is 0.871. The van der Waals surface area contributed by atoms with Crippen LogP contribution in [0.2, 0.25) is 5.02 Å². The maximum absolute atomic E-state index is 12.4. The molecule has 5 heteroatoms. The minimum absolute atomic E-state index is 0.304. The van der Waals surface area contributed by atoms with Crippen molar-refractivity contribution in [2.75, 3.05) is 5.32 Å². The third-order valence-electron chi connectivity index (χ3n) is 3.91. The third-order valence-corrected chi connectivity index (χ3v) is 4.32. The molecule has 2 rings (SSSR count). The van der Waals surface area contributed by atoms with Gasteiger partial charge in [-0.1, -0.05) is 29.3 Å². The largest absolute Gasteiger partial charge is 0.550 e. The van der Waals surface area contributed by atoms with Gasteiger partial charge in [-0.15, -0.1) is 0 Å². The van der Waals surface area contributed by atoms with Crippen LogP contribution in [0, 0.1) is 18.8 Å². The molecule has 0 fully saturated rings. The number of nitrogens with one attached hydrogen (secondary N) is 1. The molecule has 1 aromatic rings. The maximum Gasteiger partial charge on any atom is 0.228 e. The van der Waals surface area contributed by atoms with Crippen LogP contribution in [0.15, 0.2) is 29.8 Å². The Morgan fingerprint density at radius 2 is 2.00 bits per heavy atom. The Hall–Kier alpha value is -1.81. The van der Waals surface area contributed by atoms with Crippen LogP contribution in [-0.4, -0.2) is 11.9 Å².